The number of carbonyl (C=O) groups is 4. The summed E-state index contributed by atoms with van der Waals surface area (Å²) in [5.41, 5.74) is 0.598. The molecule has 0 aliphatic carbocycles. The number of rotatable bonds is 9. The minimum Gasteiger partial charge on any atom is -0.507 e. The predicted molar refractivity (Wildman–Crippen MR) is 291 cm³/mol. The molecule has 6 aliphatic heterocycles. The molecule has 5 N–H and O–H groups in total. The molecule has 9 atom stereocenters. The lowest BCUT2D eigenvalue weighted by atomic mass is 9.78. The molecule has 5 bridgehead atoms. The molecule has 3 aromatic rings. The van der Waals surface area contributed by atoms with Crippen molar-refractivity contribution >= 4 is 40.0 Å². The van der Waals surface area contributed by atoms with Crippen molar-refractivity contribution in [2.45, 2.75) is 143 Å². The van der Waals surface area contributed by atoms with Crippen molar-refractivity contribution in [3.05, 3.63) is 93.9 Å². The van der Waals surface area contributed by atoms with E-state index in [1.807, 2.05) is 18.2 Å². The average molecular weight is 1060 g/mol. The molecule has 77 heavy (non-hydrogen) atoms. The van der Waals surface area contributed by atoms with Gasteiger partial charge in [0, 0.05) is 99.8 Å². The Balaban J connectivity index is 1.12. The summed E-state index contributed by atoms with van der Waals surface area (Å²) in [6, 6.07) is 10.3. The van der Waals surface area contributed by atoms with Crippen LogP contribution in [0.25, 0.3) is 10.8 Å². The van der Waals surface area contributed by atoms with Crippen LogP contribution in [0.1, 0.15) is 115 Å². The van der Waals surface area contributed by atoms with Crippen LogP contribution in [0, 0.1) is 42.4 Å². The van der Waals surface area contributed by atoms with Gasteiger partial charge in [-0.15, -0.1) is 0 Å². The predicted octanol–water partition coefficient (Wildman–Crippen LogP) is 6.99. The zero-order chi connectivity index (χ0) is 55.7. The normalized spacial score (nSPS) is 29.7. The van der Waals surface area contributed by atoms with Crippen LogP contribution in [-0.2, 0) is 35.0 Å². The maximum Gasteiger partial charge on any atom is 0.315 e. The molecule has 2 saturated heterocycles. The number of amides is 2. The molecule has 4 unspecified atom stereocenters. The maximum atomic E-state index is 15.0. The molecule has 1 spiro atoms. The summed E-state index contributed by atoms with van der Waals surface area (Å²) in [4.78, 5) is 71.1. The number of esters is 1. The number of fused-ring (bicyclic) bond motifs is 13. The van der Waals surface area contributed by atoms with Gasteiger partial charge < -0.3 is 54.5 Å². The summed E-state index contributed by atoms with van der Waals surface area (Å²) in [7, 11) is 1.45. The second-order valence-electron chi connectivity index (χ2n) is 22.9. The number of Topliss-reactive ketones (excluding diaryl/α,β-unsaturated/α-hetero) is 1. The molecule has 416 valence electrons. The van der Waals surface area contributed by atoms with E-state index in [0.29, 0.717) is 50.9 Å². The van der Waals surface area contributed by atoms with Crippen molar-refractivity contribution in [1.29, 1.82) is 0 Å². The number of hydrogen-bond donors (Lipinski definition) is 5. The first-order valence-electron chi connectivity index (χ1n) is 27.5. The number of nitrogens with zero attached hydrogens (tertiary/aromatic N) is 4. The highest BCUT2D eigenvalue weighted by Crippen LogP contribution is 2.50. The van der Waals surface area contributed by atoms with Crippen LogP contribution in [-0.4, -0.2) is 129 Å². The third-order valence-corrected chi connectivity index (χ3v) is 16.8. The largest absolute Gasteiger partial charge is 0.507 e. The molecule has 2 amide bonds. The van der Waals surface area contributed by atoms with Gasteiger partial charge in [0.2, 0.25) is 5.91 Å². The van der Waals surface area contributed by atoms with Crippen molar-refractivity contribution in [3.63, 3.8) is 0 Å². The summed E-state index contributed by atoms with van der Waals surface area (Å²) >= 11 is 0. The van der Waals surface area contributed by atoms with Crippen LogP contribution >= 0.6 is 0 Å². The molecule has 0 radical (unpaired) electrons. The Bertz CT molecular complexity index is 2940. The number of aliphatic hydroxyl groups is 2. The van der Waals surface area contributed by atoms with Gasteiger partial charge in [-0.2, -0.15) is 0 Å². The van der Waals surface area contributed by atoms with E-state index < -0.39 is 95.1 Å². The zero-order valence-corrected chi connectivity index (χ0v) is 46.4. The van der Waals surface area contributed by atoms with Crippen LogP contribution in [0.2, 0.25) is 0 Å². The number of carbonyl (C=O) groups excluding carboxylic acids is 4. The highest BCUT2D eigenvalue weighted by molar-refractivity contribution is 6.19. The summed E-state index contributed by atoms with van der Waals surface area (Å²) < 4.78 is 24.8. The number of aromatic hydroxyl groups is 2. The fourth-order valence-corrected chi connectivity index (χ4v) is 11.9. The molecular formula is C60H79N5O12. The number of aryl methyl sites for hydroxylation is 1. The minimum absolute atomic E-state index is 0.0124. The lowest BCUT2D eigenvalue weighted by Crippen LogP contribution is -2.47. The Morgan fingerprint density at radius 1 is 0.883 bits per heavy atom. The lowest BCUT2D eigenvalue weighted by Gasteiger charge is -2.38. The molecule has 0 aromatic heterocycles. The monoisotopic (exact) mass is 1060 g/mol. The van der Waals surface area contributed by atoms with Crippen LogP contribution in [0.5, 0.6) is 17.2 Å². The third-order valence-electron chi connectivity index (χ3n) is 16.8. The number of hydrogen-bond acceptors (Lipinski definition) is 15. The summed E-state index contributed by atoms with van der Waals surface area (Å²) in [6.07, 6.45) is 7.58. The van der Waals surface area contributed by atoms with Crippen molar-refractivity contribution in [1.82, 2.24) is 9.80 Å². The van der Waals surface area contributed by atoms with E-state index in [1.165, 1.54) is 31.9 Å². The number of anilines is 1. The van der Waals surface area contributed by atoms with E-state index in [1.54, 1.807) is 64.7 Å². The number of phenols is 2. The number of allylic oxidation sites excluding steroid dienone is 2. The van der Waals surface area contributed by atoms with E-state index in [4.69, 9.17) is 28.9 Å². The Labute approximate surface area is 451 Å². The Morgan fingerprint density at radius 2 is 1.56 bits per heavy atom. The van der Waals surface area contributed by atoms with Gasteiger partial charge in [0.05, 0.1) is 40.9 Å². The molecule has 2 fully saturated rings. The van der Waals surface area contributed by atoms with Crippen molar-refractivity contribution in [2.24, 2.45) is 45.5 Å². The summed E-state index contributed by atoms with van der Waals surface area (Å²) in [6.45, 7) is 19.2. The first-order chi connectivity index (χ1) is 36.6. The third kappa shape index (κ3) is 11.8. The Kier molecular flexibility index (Phi) is 17.4. The van der Waals surface area contributed by atoms with Gasteiger partial charge in [-0.05, 0) is 63.0 Å². The summed E-state index contributed by atoms with van der Waals surface area (Å²) in [5, 5.41) is 51.2. The molecule has 6 aliphatic rings. The number of benzene rings is 3. The topological polar surface area (TPSA) is 229 Å². The number of methoxy groups -OCH3 is 1. The van der Waals surface area contributed by atoms with Gasteiger partial charge in [-0.3, -0.25) is 29.2 Å². The highest BCUT2D eigenvalue weighted by Gasteiger charge is 2.50. The lowest BCUT2D eigenvalue weighted by molar-refractivity contribution is -0.165. The number of phenolic OH excluding ortho intramolecular Hbond substituents is 2. The first kappa shape index (κ1) is 57.0. The van der Waals surface area contributed by atoms with Gasteiger partial charge >= 0.3 is 11.8 Å². The quantitative estimate of drug-likeness (QED) is 0.0828. The van der Waals surface area contributed by atoms with Crippen molar-refractivity contribution in [3.8, 4) is 17.2 Å². The number of ketones is 1. The molecular weight excluding hydrogens is 983 g/mol. The number of piperidine rings is 2. The SMILES string of the molecule is CO[C@H]1/C=C/OC2(C)Oc3c(C)c(O)c4c(O)c(c5c(c4c3C2=O)=NC2(CCN(CC(C)C)CC2)N=5)NC(=O)/C(C)=C\C=C\C(C)[C@H](O)[C@@H](C)C(O)[C@@H](C)C(OC(=O)CC(=O)N2CCC(CCc3ccccc3)CC2)[C@@H]1C. The highest BCUT2D eigenvalue weighted by atomic mass is 16.7. The van der Waals surface area contributed by atoms with E-state index in [0.717, 1.165) is 32.2 Å². The van der Waals surface area contributed by atoms with Crippen LogP contribution in [0.4, 0.5) is 5.69 Å². The maximum absolute atomic E-state index is 15.0. The molecule has 9 rings (SSSR count). The molecule has 6 heterocycles. The number of likely N-dealkylation sites (tertiary alicyclic amines) is 2. The second kappa shape index (κ2) is 23.4. The van der Waals surface area contributed by atoms with E-state index >= 15 is 0 Å². The van der Waals surface area contributed by atoms with Crippen molar-refractivity contribution < 1.29 is 58.6 Å². The summed E-state index contributed by atoms with van der Waals surface area (Å²) in [5.74, 6) is -7.17. The molecule has 17 heteroatoms. The second-order valence-corrected chi connectivity index (χ2v) is 22.9. The molecule has 3 aromatic carbocycles. The van der Waals surface area contributed by atoms with E-state index in [2.05, 4.69) is 36.2 Å². The van der Waals surface area contributed by atoms with Crippen LogP contribution in [0.15, 0.2) is 76.5 Å². The standard InChI is InChI=1S/C60H79N5O12/c1-33(2)32-64-28-24-60(25-29-64)62-48-45-46-53(70)39(8)56-47(45)57(72)59(9,77-56)75-30-23-42(74-10)36(5)55(76-44(67)31-43(66)65-26-21-41(22-27-65)20-19-40-17-12-11-13-18-40)38(7)52(69)37(6)51(68)34(3)15-14-16-35(4)58(73)61-50(54(46)71)49(48)63-60/h11-18,23,30,33-34,36-38,41-42,51-52,55,68-71H,19-22,24-29,31-32H2,1-10H3,(H,61,73)/b15-14+,30-23+,35-16-/t34?,36-,37-,38-,42+,51+,52?,55?,59?/m1/s1. The fourth-order valence-electron chi connectivity index (χ4n) is 11.9. The number of ether oxygens (including phenoxy) is 4. The average Bonchev–Trinajstić information content (AvgIpc) is 4.09. The Hall–Kier alpha value is -6.14. The molecule has 0 saturated carbocycles. The minimum atomic E-state index is -2.02. The van der Waals surface area contributed by atoms with Gasteiger partial charge in [-0.1, -0.05) is 90.1 Å². The van der Waals surface area contributed by atoms with E-state index in [-0.39, 0.29) is 55.5 Å². The smallest absolute Gasteiger partial charge is 0.315 e. The van der Waals surface area contributed by atoms with Gasteiger partial charge in [0.25, 0.3) is 11.7 Å². The Morgan fingerprint density at radius 3 is 2.22 bits per heavy atom. The zero-order valence-electron chi connectivity index (χ0n) is 46.4. The molecule has 17 nitrogen and oxygen atoms in total. The van der Waals surface area contributed by atoms with Gasteiger partial charge in [0.1, 0.15) is 35.1 Å². The first-order valence-corrected chi connectivity index (χ1v) is 27.5. The van der Waals surface area contributed by atoms with Crippen LogP contribution < -0.4 is 20.8 Å². The van der Waals surface area contributed by atoms with Crippen LogP contribution in [0.3, 0.4) is 0 Å². The fraction of sp³-hybridized carbons (Fsp3) is 0.567. The number of nitrogens with one attached hydrogen (secondary N) is 1. The number of aliphatic hydroxyl groups excluding tert-OH is 2. The van der Waals surface area contributed by atoms with Gasteiger partial charge in [0.15, 0.2) is 11.4 Å². The van der Waals surface area contributed by atoms with E-state index in [9.17, 15) is 39.6 Å². The van der Waals surface area contributed by atoms with Gasteiger partial charge in [-0.25, -0.2) is 0 Å². The van der Waals surface area contributed by atoms with Crippen molar-refractivity contribution in [2.75, 3.05) is 45.2 Å².